The number of furan rings is 1. The van der Waals surface area contributed by atoms with E-state index in [2.05, 4.69) is 194 Å². The van der Waals surface area contributed by atoms with Crippen LogP contribution in [0.4, 0.5) is 0 Å². The molecule has 1 heterocycles. The largest absolute Gasteiger partial charge is 0.456 e. The molecule has 0 atom stereocenters. The fourth-order valence-electron chi connectivity index (χ4n) is 9.20. The van der Waals surface area contributed by atoms with Crippen LogP contribution in [0.1, 0.15) is 0 Å². The third-order valence-corrected chi connectivity index (χ3v) is 11.8. The summed E-state index contributed by atoms with van der Waals surface area (Å²) in [6.07, 6.45) is 0. The van der Waals surface area contributed by atoms with Crippen molar-refractivity contribution in [1.82, 2.24) is 0 Å². The highest BCUT2D eigenvalue weighted by Crippen LogP contribution is 2.43. The van der Waals surface area contributed by atoms with Gasteiger partial charge in [0.05, 0.1) is 0 Å². The monoisotopic (exact) mass is 696 g/mol. The quantitative estimate of drug-likeness (QED) is 0.168. The molecule has 0 radical (unpaired) electrons. The van der Waals surface area contributed by atoms with Crippen LogP contribution in [0.5, 0.6) is 0 Å². The van der Waals surface area contributed by atoms with Gasteiger partial charge >= 0.3 is 0 Å². The van der Waals surface area contributed by atoms with E-state index < -0.39 is 0 Å². The van der Waals surface area contributed by atoms with Crippen LogP contribution in [-0.4, -0.2) is 0 Å². The Kier molecular flexibility index (Phi) is 6.40. The van der Waals surface area contributed by atoms with Crippen molar-refractivity contribution in [3.63, 3.8) is 0 Å². The zero-order valence-corrected chi connectivity index (χ0v) is 29.9. The van der Waals surface area contributed by atoms with Gasteiger partial charge in [0.25, 0.3) is 0 Å². The molecule has 0 aliphatic carbocycles. The summed E-state index contributed by atoms with van der Waals surface area (Å²) in [7, 11) is 0. The molecule has 12 aromatic rings. The summed E-state index contributed by atoms with van der Waals surface area (Å²) in [4.78, 5) is 0. The summed E-state index contributed by atoms with van der Waals surface area (Å²) < 4.78 is 6.56. The van der Waals surface area contributed by atoms with Gasteiger partial charge in [-0.3, -0.25) is 0 Å². The number of fused-ring (bicyclic) bond motifs is 13. The molecule has 0 N–H and O–H groups in total. The molecule has 0 bridgehead atoms. The minimum absolute atomic E-state index is 0.904. The Morgan fingerprint density at radius 3 is 1.45 bits per heavy atom. The van der Waals surface area contributed by atoms with Crippen LogP contribution >= 0.6 is 0 Å². The number of benzene rings is 11. The van der Waals surface area contributed by atoms with Gasteiger partial charge in [-0.2, -0.15) is 0 Å². The van der Waals surface area contributed by atoms with Crippen LogP contribution in [0, 0.1) is 0 Å². The van der Waals surface area contributed by atoms with Crippen LogP contribution in [0.25, 0.3) is 120 Å². The fourth-order valence-corrected chi connectivity index (χ4v) is 9.20. The minimum atomic E-state index is 0.904. The summed E-state index contributed by atoms with van der Waals surface area (Å²) in [5, 5.41) is 17.6. The first-order chi connectivity index (χ1) is 27.2. The van der Waals surface area contributed by atoms with Crippen molar-refractivity contribution in [1.29, 1.82) is 0 Å². The molecule has 0 fully saturated rings. The lowest BCUT2D eigenvalue weighted by Gasteiger charge is -2.16. The van der Waals surface area contributed by atoms with Gasteiger partial charge in [0.2, 0.25) is 0 Å². The van der Waals surface area contributed by atoms with Crippen molar-refractivity contribution in [3.8, 4) is 33.4 Å². The van der Waals surface area contributed by atoms with Crippen LogP contribution in [0.3, 0.4) is 0 Å². The Hall–Kier alpha value is -7.22. The SMILES string of the molecule is c1ccc2c(-c3ccc4c(c3)oc3cc(-c5ccc6cc(-c7cc8c9ccccc9c9ccccc9c8c8ccccc78)ccc6c5)ccc34)cccc2c1. The van der Waals surface area contributed by atoms with Crippen molar-refractivity contribution >= 4 is 86.6 Å². The Morgan fingerprint density at radius 1 is 0.236 bits per heavy atom. The molecule has 0 spiro atoms. The molecule has 1 aromatic heterocycles. The van der Waals surface area contributed by atoms with Gasteiger partial charge in [-0.15, -0.1) is 0 Å². The zero-order chi connectivity index (χ0) is 36.0. The van der Waals surface area contributed by atoms with Gasteiger partial charge in [-0.05, 0) is 140 Å². The maximum absolute atomic E-state index is 6.56. The summed E-state index contributed by atoms with van der Waals surface area (Å²) >= 11 is 0. The number of hydrogen-bond donors (Lipinski definition) is 0. The highest BCUT2D eigenvalue weighted by molar-refractivity contribution is 6.33. The van der Waals surface area contributed by atoms with Gasteiger partial charge in [0, 0.05) is 10.8 Å². The molecule has 55 heavy (non-hydrogen) atoms. The maximum atomic E-state index is 6.56. The van der Waals surface area contributed by atoms with Crippen LogP contribution in [0.15, 0.2) is 199 Å². The van der Waals surface area contributed by atoms with Crippen molar-refractivity contribution in [2.24, 2.45) is 0 Å². The Bertz CT molecular complexity index is 3540. The Labute approximate surface area is 317 Å². The second kappa shape index (κ2) is 11.6. The number of hydrogen-bond acceptors (Lipinski definition) is 1. The molecule has 0 amide bonds. The van der Waals surface area contributed by atoms with E-state index in [0.717, 1.165) is 33.1 Å². The minimum Gasteiger partial charge on any atom is -0.456 e. The van der Waals surface area contributed by atoms with Gasteiger partial charge in [-0.25, -0.2) is 0 Å². The summed E-state index contributed by atoms with van der Waals surface area (Å²) in [6.45, 7) is 0. The molecule has 11 aromatic carbocycles. The smallest absolute Gasteiger partial charge is 0.136 e. The summed E-state index contributed by atoms with van der Waals surface area (Å²) in [5.41, 5.74) is 9.00. The lowest BCUT2D eigenvalue weighted by atomic mass is 9.87. The number of rotatable bonds is 3. The van der Waals surface area contributed by atoms with E-state index in [-0.39, 0.29) is 0 Å². The normalized spacial score (nSPS) is 12.0. The highest BCUT2D eigenvalue weighted by Gasteiger charge is 2.16. The van der Waals surface area contributed by atoms with Crippen molar-refractivity contribution < 1.29 is 4.42 Å². The molecule has 1 heteroatoms. The fraction of sp³-hybridized carbons (Fsp3) is 0. The molecule has 0 aliphatic rings. The van der Waals surface area contributed by atoms with E-state index >= 15 is 0 Å². The predicted octanol–water partition coefficient (Wildman–Crippen LogP) is 15.5. The third-order valence-electron chi connectivity index (χ3n) is 11.8. The molecule has 254 valence electrons. The van der Waals surface area contributed by atoms with Crippen molar-refractivity contribution in [2.45, 2.75) is 0 Å². The lowest BCUT2D eigenvalue weighted by Crippen LogP contribution is -1.89. The van der Waals surface area contributed by atoms with E-state index in [4.69, 9.17) is 4.42 Å². The lowest BCUT2D eigenvalue weighted by molar-refractivity contribution is 0.669. The zero-order valence-electron chi connectivity index (χ0n) is 29.9. The Morgan fingerprint density at radius 2 is 0.709 bits per heavy atom. The molecular weight excluding hydrogens is 665 g/mol. The second-order valence-electron chi connectivity index (χ2n) is 14.8. The van der Waals surface area contributed by atoms with E-state index in [9.17, 15) is 0 Å². The standard InChI is InChI=1S/C54H32O/c1-2-12-40-33(10-1)11-9-19-41(40)39-25-27-47-46-26-24-37(30-52(46)55-53(47)31-39)35-20-21-36-29-38(23-22-34(36)28-35)50-32-51-44-15-4-3-13-42(44)43-14-5-7-17-48(43)54(51)49-18-8-6-16-45(49)50/h1-32H. The van der Waals surface area contributed by atoms with E-state index in [1.54, 1.807) is 0 Å². The molecule has 0 saturated heterocycles. The van der Waals surface area contributed by atoms with Gasteiger partial charge < -0.3 is 4.42 Å². The predicted molar refractivity (Wildman–Crippen MR) is 235 cm³/mol. The van der Waals surface area contributed by atoms with E-state index in [1.165, 1.54) is 86.9 Å². The molecule has 0 unspecified atom stereocenters. The first kappa shape index (κ1) is 30.3. The molecular formula is C54H32O. The topological polar surface area (TPSA) is 13.1 Å². The summed E-state index contributed by atoms with van der Waals surface area (Å²) in [5.74, 6) is 0. The van der Waals surface area contributed by atoms with Crippen molar-refractivity contribution in [3.05, 3.63) is 194 Å². The van der Waals surface area contributed by atoms with Crippen LogP contribution < -0.4 is 0 Å². The average Bonchev–Trinajstić information content (AvgIpc) is 3.62. The average molecular weight is 697 g/mol. The molecule has 0 aliphatic heterocycles. The Balaban J connectivity index is 0.954. The summed E-state index contributed by atoms with van der Waals surface area (Å²) in [6, 6.07) is 71.0. The van der Waals surface area contributed by atoms with E-state index in [0.29, 0.717) is 0 Å². The van der Waals surface area contributed by atoms with Gasteiger partial charge in [0.15, 0.2) is 0 Å². The first-order valence-corrected chi connectivity index (χ1v) is 19.0. The molecule has 1 nitrogen and oxygen atoms in total. The second-order valence-corrected chi connectivity index (χ2v) is 14.8. The molecule has 12 rings (SSSR count). The van der Waals surface area contributed by atoms with Crippen molar-refractivity contribution in [2.75, 3.05) is 0 Å². The highest BCUT2D eigenvalue weighted by atomic mass is 16.3. The third kappa shape index (κ3) is 4.60. The van der Waals surface area contributed by atoms with Gasteiger partial charge in [0.1, 0.15) is 11.2 Å². The maximum Gasteiger partial charge on any atom is 0.136 e. The first-order valence-electron chi connectivity index (χ1n) is 19.0. The van der Waals surface area contributed by atoms with E-state index in [1.807, 2.05) is 0 Å². The molecule has 0 saturated carbocycles. The van der Waals surface area contributed by atoms with Crippen LogP contribution in [0.2, 0.25) is 0 Å². The van der Waals surface area contributed by atoms with Gasteiger partial charge in [-0.1, -0.05) is 152 Å². The van der Waals surface area contributed by atoms with Crippen LogP contribution in [-0.2, 0) is 0 Å².